The number of aldehydes is 1. The Hall–Kier alpha value is -1.81. The molecule has 1 rings (SSSR count). The maximum absolute atomic E-state index is 11.7. The van der Waals surface area contributed by atoms with Crippen LogP contribution in [0, 0.1) is 0 Å². The Bertz CT molecular complexity index is 437. The van der Waals surface area contributed by atoms with Gasteiger partial charge in [-0.2, -0.15) is 0 Å². The molecule has 0 amide bonds. The Labute approximate surface area is 106 Å². The zero-order chi connectivity index (χ0) is 13.5. The fourth-order valence-corrected chi connectivity index (χ4v) is 1.55. The number of Topliss-reactive ketones (excluding diaryl/α,β-unsaturated/α-hetero) is 2. The average Bonchev–Trinajstić information content (AvgIpc) is 2.39. The van der Waals surface area contributed by atoms with Crippen molar-refractivity contribution in [1.29, 1.82) is 0 Å². The Morgan fingerprint density at radius 3 is 2.39 bits per heavy atom. The van der Waals surface area contributed by atoms with Crippen molar-refractivity contribution in [3.8, 4) is 0 Å². The lowest BCUT2D eigenvalue weighted by Gasteiger charge is -2.05. The summed E-state index contributed by atoms with van der Waals surface area (Å²) >= 11 is 0. The summed E-state index contributed by atoms with van der Waals surface area (Å²) < 4.78 is 0. The number of carbonyl (C=O) groups excluding carboxylic acids is 3. The molecular formula is C14H17NO3. The van der Waals surface area contributed by atoms with Crippen LogP contribution in [-0.2, 0) is 16.0 Å². The normalized spacial score (nSPS) is 11.9. The molecule has 4 nitrogen and oxygen atoms in total. The molecule has 0 saturated heterocycles. The SMILES string of the molecule is CCC(=O)CC(=O)c1ccc(C[C@H](N)C=O)cc1. The van der Waals surface area contributed by atoms with E-state index in [-0.39, 0.29) is 18.0 Å². The quantitative estimate of drug-likeness (QED) is 0.447. The first-order valence-corrected chi connectivity index (χ1v) is 5.91. The van der Waals surface area contributed by atoms with Gasteiger partial charge in [-0.15, -0.1) is 0 Å². The lowest BCUT2D eigenvalue weighted by atomic mass is 10.0. The Morgan fingerprint density at radius 2 is 1.89 bits per heavy atom. The third-order valence-electron chi connectivity index (χ3n) is 2.67. The van der Waals surface area contributed by atoms with E-state index in [9.17, 15) is 14.4 Å². The minimum Gasteiger partial charge on any atom is -0.321 e. The number of hydrogen-bond acceptors (Lipinski definition) is 4. The summed E-state index contributed by atoms with van der Waals surface area (Å²) in [5.41, 5.74) is 6.92. The monoisotopic (exact) mass is 247 g/mol. The molecule has 4 heteroatoms. The van der Waals surface area contributed by atoms with E-state index in [2.05, 4.69) is 0 Å². The Kier molecular flexibility index (Phi) is 5.39. The summed E-state index contributed by atoms with van der Waals surface area (Å²) in [6.07, 6.45) is 1.46. The van der Waals surface area contributed by atoms with E-state index < -0.39 is 6.04 Å². The van der Waals surface area contributed by atoms with E-state index in [0.717, 1.165) is 5.56 Å². The summed E-state index contributed by atoms with van der Waals surface area (Å²) in [5, 5.41) is 0. The van der Waals surface area contributed by atoms with Gasteiger partial charge in [-0.05, 0) is 12.0 Å². The molecule has 0 heterocycles. The topological polar surface area (TPSA) is 77.2 Å². The molecule has 0 aromatic heterocycles. The van der Waals surface area contributed by atoms with Crippen molar-refractivity contribution < 1.29 is 14.4 Å². The summed E-state index contributed by atoms with van der Waals surface area (Å²) in [5.74, 6) is -0.236. The minimum absolute atomic E-state index is 0.0519. The number of carbonyl (C=O) groups is 3. The van der Waals surface area contributed by atoms with Gasteiger partial charge in [0, 0.05) is 12.0 Å². The molecule has 0 bridgehead atoms. The van der Waals surface area contributed by atoms with Crippen molar-refractivity contribution in [1.82, 2.24) is 0 Å². The second-order valence-electron chi connectivity index (χ2n) is 4.19. The van der Waals surface area contributed by atoms with E-state index >= 15 is 0 Å². The fraction of sp³-hybridized carbons (Fsp3) is 0.357. The second kappa shape index (κ2) is 6.81. The predicted molar refractivity (Wildman–Crippen MR) is 68.4 cm³/mol. The number of nitrogens with two attached hydrogens (primary N) is 1. The molecule has 0 spiro atoms. The molecule has 0 aliphatic carbocycles. The minimum atomic E-state index is -0.520. The van der Waals surface area contributed by atoms with E-state index in [4.69, 9.17) is 5.73 Å². The van der Waals surface area contributed by atoms with Crippen LogP contribution in [0.5, 0.6) is 0 Å². The molecule has 0 unspecified atom stereocenters. The van der Waals surface area contributed by atoms with Crippen molar-refractivity contribution in [3.05, 3.63) is 35.4 Å². The van der Waals surface area contributed by atoms with Crippen LogP contribution in [0.25, 0.3) is 0 Å². The van der Waals surface area contributed by atoms with Crippen LogP contribution in [0.2, 0.25) is 0 Å². The first-order valence-electron chi connectivity index (χ1n) is 5.91. The Balaban J connectivity index is 2.67. The van der Waals surface area contributed by atoms with E-state index in [1.54, 1.807) is 31.2 Å². The molecule has 0 radical (unpaired) electrons. The fourth-order valence-electron chi connectivity index (χ4n) is 1.55. The number of benzene rings is 1. The van der Waals surface area contributed by atoms with Gasteiger partial charge in [0.25, 0.3) is 0 Å². The molecular weight excluding hydrogens is 230 g/mol. The zero-order valence-electron chi connectivity index (χ0n) is 10.4. The van der Waals surface area contributed by atoms with Crippen LogP contribution in [-0.4, -0.2) is 23.9 Å². The number of ketones is 2. The van der Waals surface area contributed by atoms with Gasteiger partial charge in [0.05, 0.1) is 12.5 Å². The molecule has 2 N–H and O–H groups in total. The largest absolute Gasteiger partial charge is 0.321 e. The van der Waals surface area contributed by atoms with Gasteiger partial charge in [0.2, 0.25) is 0 Å². The lowest BCUT2D eigenvalue weighted by molar-refractivity contribution is -0.118. The van der Waals surface area contributed by atoms with Gasteiger partial charge in [0.1, 0.15) is 12.1 Å². The van der Waals surface area contributed by atoms with Crippen LogP contribution < -0.4 is 5.73 Å². The van der Waals surface area contributed by atoms with Crippen molar-refractivity contribution in [2.75, 3.05) is 0 Å². The molecule has 0 aliphatic heterocycles. The van der Waals surface area contributed by atoms with E-state index in [1.165, 1.54) is 0 Å². The highest BCUT2D eigenvalue weighted by molar-refractivity contribution is 6.07. The second-order valence-corrected chi connectivity index (χ2v) is 4.19. The van der Waals surface area contributed by atoms with Gasteiger partial charge >= 0.3 is 0 Å². The van der Waals surface area contributed by atoms with Crippen LogP contribution in [0.15, 0.2) is 24.3 Å². The van der Waals surface area contributed by atoms with Crippen molar-refractivity contribution in [2.45, 2.75) is 32.2 Å². The number of hydrogen-bond donors (Lipinski definition) is 1. The van der Waals surface area contributed by atoms with Crippen LogP contribution in [0.1, 0.15) is 35.7 Å². The first-order chi connectivity index (χ1) is 8.56. The summed E-state index contributed by atoms with van der Waals surface area (Å²) in [7, 11) is 0. The average molecular weight is 247 g/mol. The van der Waals surface area contributed by atoms with Crippen molar-refractivity contribution in [2.24, 2.45) is 5.73 Å². The standard InChI is InChI=1S/C14H17NO3/c1-2-13(17)8-14(18)11-5-3-10(4-6-11)7-12(15)9-16/h3-6,9,12H,2,7-8,15H2,1H3/t12-/m0/s1. The molecule has 96 valence electrons. The van der Waals surface area contributed by atoms with Gasteiger partial charge < -0.3 is 10.5 Å². The highest BCUT2D eigenvalue weighted by atomic mass is 16.1. The van der Waals surface area contributed by atoms with E-state index in [1.807, 2.05) is 0 Å². The molecule has 18 heavy (non-hydrogen) atoms. The van der Waals surface area contributed by atoms with Crippen LogP contribution in [0.3, 0.4) is 0 Å². The smallest absolute Gasteiger partial charge is 0.170 e. The highest BCUT2D eigenvalue weighted by Gasteiger charge is 2.10. The molecule has 0 aliphatic rings. The van der Waals surface area contributed by atoms with E-state index in [0.29, 0.717) is 24.7 Å². The van der Waals surface area contributed by atoms with Crippen LogP contribution >= 0.6 is 0 Å². The molecule has 1 aromatic rings. The van der Waals surface area contributed by atoms with Gasteiger partial charge in [0.15, 0.2) is 5.78 Å². The van der Waals surface area contributed by atoms with Crippen molar-refractivity contribution >= 4 is 17.9 Å². The van der Waals surface area contributed by atoms with Gasteiger partial charge in [-0.3, -0.25) is 9.59 Å². The predicted octanol–water partition coefficient (Wildman–Crippen LogP) is 1.31. The lowest BCUT2D eigenvalue weighted by Crippen LogP contribution is -2.24. The molecule has 1 aromatic carbocycles. The highest BCUT2D eigenvalue weighted by Crippen LogP contribution is 2.09. The maximum atomic E-state index is 11.7. The Morgan fingerprint density at radius 1 is 1.28 bits per heavy atom. The van der Waals surface area contributed by atoms with Crippen molar-refractivity contribution in [3.63, 3.8) is 0 Å². The molecule has 0 fully saturated rings. The zero-order valence-corrected chi connectivity index (χ0v) is 10.4. The summed E-state index contributed by atoms with van der Waals surface area (Å²) in [6.45, 7) is 1.74. The van der Waals surface area contributed by atoms with Gasteiger partial charge in [-0.25, -0.2) is 0 Å². The first kappa shape index (κ1) is 14.3. The maximum Gasteiger partial charge on any atom is 0.170 e. The van der Waals surface area contributed by atoms with Crippen LogP contribution in [0.4, 0.5) is 0 Å². The van der Waals surface area contributed by atoms with Gasteiger partial charge in [-0.1, -0.05) is 31.2 Å². The molecule has 0 saturated carbocycles. The third kappa shape index (κ3) is 4.22. The third-order valence-corrected chi connectivity index (χ3v) is 2.67. The number of rotatable bonds is 7. The summed E-state index contributed by atoms with van der Waals surface area (Å²) in [6, 6.07) is 6.32. The molecule has 1 atom stereocenters. The summed E-state index contributed by atoms with van der Waals surface area (Å²) in [4.78, 5) is 33.3.